The molecule has 0 bridgehead atoms. The topological polar surface area (TPSA) is 30.5 Å². The average Bonchev–Trinajstić information content (AvgIpc) is 2.65. The average molecular weight is 337 g/mol. The lowest BCUT2D eigenvalue weighted by Gasteiger charge is -2.13. The molecule has 0 atom stereocenters. The summed E-state index contributed by atoms with van der Waals surface area (Å²) in [5, 5.41) is 3.20. The van der Waals surface area contributed by atoms with Gasteiger partial charge >= 0.3 is 0 Å². The summed E-state index contributed by atoms with van der Waals surface area (Å²) in [4.78, 5) is 0. The Morgan fingerprint density at radius 2 is 1.68 bits per heavy atom. The zero-order valence-electron chi connectivity index (χ0n) is 14.0. The zero-order chi connectivity index (χ0) is 17.5. The smallest absolute Gasteiger partial charge is 0.162 e. The molecule has 25 heavy (non-hydrogen) atoms. The van der Waals surface area contributed by atoms with Crippen LogP contribution in [0.5, 0.6) is 11.5 Å². The van der Waals surface area contributed by atoms with Gasteiger partial charge in [0.15, 0.2) is 11.5 Å². The minimum atomic E-state index is -0.258. The Balaban J connectivity index is 1.68. The summed E-state index contributed by atoms with van der Waals surface area (Å²) in [7, 11) is 1.62. The molecule has 0 aliphatic rings. The summed E-state index contributed by atoms with van der Waals surface area (Å²) in [6.45, 7) is 1.03. The fraction of sp³-hybridized carbons (Fsp3) is 0.143. The summed E-state index contributed by atoms with van der Waals surface area (Å²) in [5.41, 5.74) is 2.85. The quantitative estimate of drug-likeness (QED) is 0.656. The molecule has 3 rings (SSSR count). The SMILES string of the molecule is COc1ccc(CNc2cccc(F)c2)cc1OCc1ccccc1. The number of halogens is 1. The second kappa shape index (κ2) is 8.20. The first-order valence-electron chi connectivity index (χ1n) is 8.07. The van der Waals surface area contributed by atoms with Crippen molar-refractivity contribution in [3.05, 3.63) is 89.7 Å². The van der Waals surface area contributed by atoms with Crippen molar-refractivity contribution in [2.45, 2.75) is 13.2 Å². The number of nitrogens with one attached hydrogen (secondary N) is 1. The summed E-state index contributed by atoms with van der Waals surface area (Å²) < 4.78 is 24.5. The number of ether oxygens (including phenoxy) is 2. The Kier molecular flexibility index (Phi) is 5.52. The fourth-order valence-electron chi connectivity index (χ4n) is 2.48. The molecule has 1 N–H and O–H groups in total. The van der Waals surface area contributed by atoms with E-state index in [2.05, 4.69) is 5.32 Å². The van der Waals surface area contributed by atoms with E-state index in [1.54, 1.807) is 13.2 Å². The lowest BCUT2D eigenvalue weighted by atomic mass is 10.2. The Morgan fingerprint density at radius 1 is 0.840 bits per heavy atom. The van der Waals surface area contributed by atoms with Crippen LogP contribution < -0.4 is 14.8 Å². The van der Waals surface area contributed by atoms with Crippen molar-refractivity contribution in [2.24, 2.45) is 0 Å². The fourth-order valence-corrected chi connectivity index (χ4v) is 2.48. The lowest BCUT2D eigenvalue weighted by molar-refractivity contribution is 0.284. The van der Waals surface area contributed by atoms with Crippen molar-refractivity contribution in [3.8, 4) is 11.5 Å². The van der Waals surface area contributed by atoms with Crippen molar-refractivity contribution in [1.82, 2.24) is 0 Å². The van der Waals surface area contributed by atoms with E-state index in [-0.39, 0.29) is 5.82 Å². The number of rotatable bonds is 7. The highest BCUT2D eigenvalue weighted by molar-refractivity contribution is 5.47. The van der Waals surface area contributed by atoms with Gasteiger partial charge in [0.1, 0.15) is 12.4 Å². The van der Waals surface area contributed by atoms with E-state index in [1.807, 2.05) is 54.6 Å². The molecule has 0 heterocycles. The molecule has 0 fully saturated rings. The van der Waals surface area contributed by atoms with Gasteiger partial charge in [-0.1, -0.05) is 42.5 Å². The van der Waals surface area contributed by atoms with Crippen LogP contribution in [0.4, 0.5) is 10.1 Å². The molecule has 0 spiro atoms. The summed E-state index contributed by atoms with van der Waals surface area (Å²) >= 11 is 0. The highest BCUT2D eigenvalue weighted by Gasteiger charge is 2.07. The van der Waals surface area contributed by atoms with Gasteiger partial charge in [-0.05, 0) is 41.5 Å². The van der Waals surface area contributed by atoms with Crippen LogP contribution in [0.15, 0.2) is 72.8 Å². The highest BCUT2D eigenvalue weighted by atomic mass is 19.1. The first-order chi connectivity index (χ1) is 12.2. The van der Waals surface area contributed by atoms with Gasteiger partial charge in [-0.3, -0.25) is 0 Å². The predicted octanol–water partition coefficient (Wildman–Crippen LogP) is 5.03. The van der Waals surface area contributed by atoms with Crippen molar-refractivity contribution in [3.63, 3.8) is 0 Å². The first kappa shape index (κ1) is 16.8. The number of benzene rings is 3. The van der Waals surface area contributed by atoms with E-state index in [9.17, 15) is 4.39 Å². The van der Waals surface area contributed by atoms with Gasteiger partial charge < -0.3 is 14.8 Å². The maximum absolute atomic E-state index is 13.2. The summed E-state index contributed by atoms with van der Waals surface area (Å²) in [5.74, 6) is 1.11. The number of hydrogen-bond donors (Lipinski definition) is 1. The molecule has 0 unspecified atom stereocenters. The minimum Gasteiger partial charge on any atom is -0.493 e. The van der Waals surface area contributed by atoms with Crippen molar-refractivity contribution < 1.29 is 13.9 Å². The van der Waals surface area contributed by atoms with Crippen LogP contribution >= 0.6 is 0 Å². The van der Waals surface area contributed by atoms with Crippen LogP contribution in [-0.2, 0) is 13.2 Å². The molecule has 3 nitrogen and oxygen atoms in total. The molecule has 0 aliphatic carbocycles. The molecular formula is C21H20FNO2. The van der Waals surface area contributed by atoms with Crippen molar-refractivity contribution in [2.75, 3.05) is 12.4 Å². The lowest BCUT2D eigenvalue weighted by Crippen LogP contribution is -2.02. The second-order valence-electron chi connectivity index (χ2n) is 5.62. The third-order valence-electron chi connectivity index (χ3n) is 3.79. The standard InChI is InChI=1S/C21H20FNO2/c1-24-20-11-10-17(14-23-19-9-5-8-18(22)13-19)12-21(20)25-15-16-6-3-2-4-7-16/h2-13,23H,14-15H2,1H3. The summed E-state index contributed by atoms with van der Waals surface area (Å²) in [6, 6.07) is 22.2. The van der Waals surface area contributed by atoms with Crippen LogP contribution in [0, 0.1) is 5.82 Å². The van der Waals surface area contributed by atoms with E-state index in [0.717, 1.165) is 16.8 Å². The Bertz CT molecular complexity index is 821. The van der Waals surface area contributed by atoms with Gasteiger partial charge in [0, 0.05) is 12.2 Å². The molecule has 0 radical (unpaired) electrons. The Hall–Kier alpha value is -3.01. The molecule has 3 aromatic carbocycles. The van der Waals surface area contributed by atoms with Gasteiger partial charge in [-0.2, -0.15) is 0 Å². The van der Waals surface area contributed by atoms with Gasteiger partial charge in [0.25, 0.3) is 0 Å². The van der Waals surface area contributed by atoms with Crippen molar-refractivity contribution >= 4 is 5.69 Å². The number of hydrogen-bond acceptors (Lipinski definition) is 3. The highest BCUT2D eigenvalue weighted by Crippen LogP contribution is 2.29. The second-order valence-corrected chi connectivity index (χ2v) is 5.62. The van der Waals surface area contributed by atoms with Crippen LogP contribution in [-0.4, -0.2) is 7.11 Å². The maximum atomic E-state index is 13.2. The molecule has 3 aromatic rings. The first-order valence-corrected chi connectivity index (χ1v) is 8.07. The zero-order valence-corrected chi connectivity index (χ0v) is 14.0. The van der Waals surface area contributed by atoms with Gasteiger partial charge in [-0.15, -0.1) is 0 Å². The van der Waals surface area contributed by atoms with Crippen molar-refractivity contribution in [1.29, 1.82) is 0 Å². The van der Waals surface area contributed by atoms with E-state index in [1.165, 1.54) is 12.1 Å². The minimum absolute atomic E-state index is 0.258. The molecule has 0 saturated heterocycles. The van der Waals surface area contributed by atoms with E-state index in [4.69, 9.17) is 9.47 Å². The molecule has 0 aromatic heterocycles. The van der Waals surface area contributed by atoms with E-state index in [0.29, 0.717) is 24.7 Å². The summed E-state index contributed by atoms with van der Waals surface area (Å²) in [6.07, 6.45) is 0. The third kappa shape index (κ3) is 4.73. The molecule has 4 heteroatoms. The van der Waals surface area contributed by atoms with Gasteiger partial charge in [0.05, 0.1) is 7.11 Å². The Morgan fingerprint density at radius 3 is 2.44 bits per heavy atom. The normalized spacial score (nSPS) is 10.3. The monoisotopic (exact) mass is 337 g/mol. The molecule has 0 saturated carbocycles. The van der Waals surface area contributed by atoms with E-state index < -0.39 is 0 Å². The number of anilines is 1. The Labute approximate surface area is 147 Å². The van der Waals surface area contributed by atoms with Crippen LogP contribution in [0.3, 0.4) is 0 Å². The van der Waals surface area contributed by atoms with E-state index >= 15 is 0 Å². The molecule has 0 aliphatic heterocycles. The third-order valence-corrected chi connectivity index (χ3v) is 3.79. The van der Waals surface area contributed by atoms with Crippen LogP contribution in [0.1, 0.15) is 11.1 Å². The molecule has 0 amide bonds. The molecular weight excluding hydrogens is 317 g/mol. The number of methoxy groups -OCH3 is 1. The van der Waals surface area contributed by atoms with Crippen LogP contribution in [0.25, 0.3) is 0 Å². The predicted molar refractivity (Wildman–Crippen MR) is 97.5 cm³/mol. The van der Waals surface area contributed by atoms with Gasteiger partial charge in [0.2, 0.25) is 0 Å². The molecule has 128 valence electrons. The van der Waals surface area contributed by atoms with Crippen LogP contribution in [0.2, 0.25) is 0 Å². The largest absolute Gasteiger partial charge is 0.493 e. The maximum Gasteiger partial charge on any atom is 0.162 e. The van der Waals surface area contributed by atoms with Gasteiger partial charge in [-0.25, -0.2) is 4.39 Å².